The van der Waals surface area contributed by atoms with Crippen LogP contribution in [0.4, 0.5) is 0 Å². The molecule has 1 atom stereocenters. The average molecular weight is 165 g/mol. The van der Waals surface area contributed by atoms with Crippen LogP contribution in [0.2, 0.25) is 0 Å². The highest BCUT2D eigenvalue weighted by Crippen LogP contribution is 1.91. The lowest BCUT2D eigenvalue weighted by atomic mass is 10.3. The van der Waals surface area contributed by atoms with Gasteiger partial charge in [0.1, 0.15) is 0 Å². The Labute approximate surface area is 73.2 Å². The van der Waals surface area contributed by atoms with E-state index < -0.39 is 0 Å². The predicted molar refractivity (Wildman–Crippen MR) is 49.6 cm³/mol. The van der Waals surface area contributed by atoms with Gasteiger partial charge in [0.15, 0.2) is 0 Å². The topological polar surface area (TPSA) is 37.0 Å². The lowest BCUT2D eigenvalue weighted by Gasteiger charge is -2.11. The maximum atomic E-state index is 4.19. The fraction of sp³-hybridized carbons (Fsp3) is 0.444. The summed E-state index contributed by atoms with van der Waals surface area (Å²) in [4.78, 5) is 4.19. The summed E-state index contributed by atoms with van der Waals surface area (Å²) >= 11 is 0. The van der Waals surface area contributed by atoms with E-state index in [2.05, 4.69) is 22.5 Å². The van der Waals surface area contributed by atoms with Gasteiger partial charge < -0.3 is 5.32 Å². The van der Waals surface area contributed by atoms with Gasteiger partial charge in [-0.3, -0.25) is 10.3 Å². The van der Waals surface area contributed by atoms with Crippen LogP contribution in [-0.2, 0) is 6.54 Å². The van der Waals surface area contributed by atoms with Gasteiger partial charge in [-0.05, 0) is 26.1 Å². The fourth-order valence-electron chi connectivity index (χ4n) is 0.862. The number of pyridine rings is 1. The summed E-state index contributed by atoms with van der Waals surface area (Å²) in [6.07, 6.45) is 2.13. The Morgan fingerprint density at radius 2 is 2.33 bits per heavy atom. The van der Waals surface area contributed by atoms with Gasteiger partial charge in [-0.25, -0.2) is 0 Å². The van der Waals surface area contributed by atoms with E-state index in [0.29, 0.717) is 6.17 Å². The average Bonchev–Trinajstić information content (AvgIpc) is 2.16. The Balaban J connectivity index is 2.33. The van der Waals surface area contributed by atoms with Gasteiger partial charge >= 0.3 is 0 Å². The molecule has 0 fully saturated rings. The molecule has 1 heterocycles. The van der Waals surface area contributed by atoms with Gasteiger partial charge in [0, 0.05) is 12.7 Å². The summed E-state index contributed by atoms with van der Waals surface area (Å²) in [6, 6.07) is 5.93. The van der Waals surface area contributed by atoms with Crippen LogP contribution < -0.4 is 10.6 Å². The normalized spacial score (nSPS) is 12.8. The molecule has 1 rings (SSSR count). The molecule has 0 aromatic carbocycles. The van der Waals surface area contributed by atoms with Crippen LogP contribution >= 0.6 is 0 Å². The second kappa shape index (κ2) is 4.85. The third kappa shape index (κ3) is 2.98. The van der Waals surface area contributed by atoms with Crippen molar-refractivity contribution >= 4 is 0 Å². The van der Waals surface area contributed by atoms with Gasteiger partial charge in [0.25, 0.3) is 0 Å². The number of rotatable bonds is 4. The quantitative estimate of drug-likeness (QED) is 0.646. The van der Waals surface area contributed by atoms with E-state index in [1.54, 1.807) is 6.20 Å². The van der Waals surface area contributed by atoms with Gasteiger partial charge in [0.2, 0.25) is 0 Å². The molecule has 0 bridgehead atoms. The Morgan fingerprint density at radius 1 is 1.50 bits per heavy atom. The minimum Gasteiger partial charge on any atom is -0.305 e. The molecule has 3 heteroatoms. The van der Waals surface area contributed by atoms with Crippen molar-refractivity contribution in [2.24, 2.45) is 0 Å². The minimum absolute atomic E-state index is 0.326. The van der Waals surface area contributed by atoms with Crippen molar-refractivity contribution in [1.29, 1.82) is 0 Å². The zero-order valence-electron chi connectivity index (χ0n) is 7.54. The zero-order valence-corrected chi connectivity index (χ0v) is 7.54. The fourth-order valence-corrected chi connectivity index (χ4v) is 0.862. The standard InChI is InChI=1S/C9H15N3/c1-8(10-2)12-7-9-5-3-4-6-11-9/h3-6,8,10,12H,7H2,1-2H3. The smallest absolute Gasteiger partial charge is 0.0543 e. The third-order valence-corrected chi connectivity index (χ3v) is 1.75. The van der Waals surface area contributed by atoms with Crippen LogP contribution in [-0.4, -0.2) is 18.2 Å². The summed E-state index contributed by atoms with van der Waals surface area (Å²) in [6.45, 7) is 2.88. The molecular weight excluding hydrogens is 150 g/mol. The van der Waals surface area contributed by atoms with Crippen LogP contribution in [0.15, 0.2) is 24.4 Å². The van der Waals surface area contributed by atoms with Crippen LogP contribution in [0.5, 0.6) is 0 Å². The third-order valence-electron chi connectivity index (χ3n) is 1.75. The van der Waals surface area contributed by atoms with Gasteiger partial charge in [-0.15, -0.1) is 0 Å². The molecule has 0 aliphatic heterocycles. The lowest BCUT2D eigenvalue weighted by molar-refractivity contribution is 0.485. The molecular formula is C9H15N3. The van der Waals surface area contributed by atoms with E-state index in [0.717, 1.165) is 12.2 Å². The van der Waals surface area contributed by atoms with E-state index in [9.17, 15) is 0 Å². The van der Waals surface area contributed by atoms with Crippen molar-refractivity contribution in [2.45, 2.75) is 19.6 Å². The van der Waals surface area contributed by atoms with E-state index in [-0.39, 0.29) is 0 Å². The van der Waals surface area contributed by atoms with Crippen LogP contribution in [0, 0.1) is 0 Å². The zero-order chi connectivity index (χ0) is 8.81. The molecule has 3 nitrogen and oxygen atoms in total. The highest BCUT2D eigenvalue weighted by Gasteiger charge is 1.96. The first-order chi connectivity index (χ1) is 5.83. The predicted octanol–water partition coefficient (Wildman–Crippen LogP) is 0.737. The number of hydrogen-bond donors (Lipinski definition) is 2. The number of nitrogens with one attached hydrogen (secondary N) is 2. The Hall–Kier alpha value is -0.930. The molecule has 0 radical (unpaired) electrons. The molecule has 0 aliphatic rings. The Bertz CT molecular complexity index is 210. The molecule has 66 valence electrons. The Kier molecular flexibility index (Phi) is 3.70. The maximum Gasteiger partial charge on any atom is 0.0543 e. The van der Waals surface area contributed by atoms with Gasteiger partial charge in [-0.1, -0.05) is 6.07 Å². The van der Waals surface area contributed by atoms with Crippen LogP contribution in [0.25, 0.3) is 0 Å². The molecule has 1 aromatic rings. The summed E-state index contributed by atoms with van der Waals surface area (Å²) < 4.78 is 0. The first kappa shape index (κ1) is 9.16. The van der Waals surface area contributed by atoms with Crippen LogP contribution in [0.3, 0.4) is 0 Å². The molecule has 1 unspecified atom stereocenters. The Morgan fingerprint density at radius 3 is 2.92 bits per heavy atom. The van der Waals surface area contributed by atoms with Crippen molar-refractivity contribution in [3.8, 4) is 0 Å². The molecule has 0 saturated carbocycles. The summed E-state index contributed by atoms with van der Waals surface area (Å²) in [5.74, 6) is 0. The first-order valence-corrected chi connectivity index (χ1v) is 4.13. The number of aromatic nitrogens is 1. The van der Waals surface area contributed by atoms with Crippen molar-refractivity contribution in [3.63, 3.8) is 0 Å². The monoisotopic (exact) mass is 165 g/mol. The second-order valence-corrected chi connectivity index (χ2v) is 2.71. The molecule has 1 aromatic heterocycles. The SMILES string of the molecule is CNC(C)NCc1ccccn1. The van der Waals surface area contributed by atoms with Gasteiger partial charge in [0.05, 0.1) is 11.9 Å². The molecule has 0 saturated heterocycles. The highest BCUT2D eigenvalue weighted by molar-refractivity contribution is 5.02. The van der Waals surface area contributed by atoms with E-state index in [4.69, 9.17) is 0 Å². The number of nitrogens with zero attached hydrogens (tertiary/aromatic N) is 1. The van der Waals surface area contributed by atoms with Crippen LogP contribution in [0.1, 0.15) is 12.6 Å². The van der Waals surface area contributed by atoms with E-state index >= 15 is 0 Å². The van der Waals surface area contributed by atoms with Crippen molar-refractivity contribution < 1.29 is 0 Å². The van der Waals surface area contributed by atoms with Crippen molar-refractivity contribution in [2.75, 3.05) is 7.05 Å². The highest BCUT2D eigenvalue weighted by atomic mass is 15.1. The number of hydrogen-bond acceptors (Lipinski definition) is 3. The second-order valence-electron chi connectivity index (χ2n) is 2.71. The summed E-state index contributed by atoms with van der Waals surface area (Å²) in [5, 5.41) is 6.37. The van der Waals surface area contributed by atoms with Crippen molar-refractivity contribution in [1.82, 2.24) is 15.6 Å². The van der Waals surface area contributed by atoms with Gasteiger partial charge in [-0.2, -0.15) is 0 Å². The summed E-state index contributed by atoms with van der Waals surface area (Å²) in [7, 11) is 1.93. The van der Waals surface area contributed by atoms with Crippen molar-refractivity contribution in [3.05, 3.63) is 30.1 Å². The van der Waals surface area contributed by atoms with E-state index in [1.807, 2.05) is 25.2 Å². The maximum absolute atomic E-state index is 4.19. The molecule has 0 spiro atoms. The molecule has 12 heavy (non-hydrogen) atoms. The lowest BCUT2D eigenvalue weighted by Crippen LogP contribution is -2.36. The largest absolute Gasteiger partial charge is 0.305 e. The molecule has 0 aliphatic carbocycles. The minimum atomic E-state index is 0.326. The molecule has 2 N–H and O–H groups in total. The first-order valence-electron chi connectivity index (χ1n) is 4.13. The van der Waals surface area contributed by atoms with E-state index in [1.165, 1.54) is 0 Å². The summed E-state index contributed by atoms with van der Waals surface area (Å²) in [5.41, 5.74) is 1.07. The molecule has 0 amide bonds.